The van der Waals surface area contributed by atoms with Gasteiger partial charge >= 0.3 is 5.97 Å². The van der Waals surface area contributed by atoms with Crippen LogP contribution in [0.5, 0.6) is 0 Å². The molecule has 0 saturated carbocycles. The molecular formula is C30H33N3O6. The predicted molar refractivity (Wildman–Crippen MR) is 144 cm³/mol. The summed E-state index contributed by atoms with van der Waals surface area (Å²) in [6, 6.07) is 5.84. The minimum Gasteiger partial charge on any atom is -0.458 e. The van der Waals surface area contributed by atoms with Crippen molar-refractivity contribution in [2.75, 3.05) is 6.61 Å². The third-order valence-electron chi connectivity index (χ3n) is 8.15. The van der Waals surface area contributed by atoms with Crippen molar-refractivity contribution in [3.63, 3.8) is 0 Å². The fourth-order valence-corrected chi connectivity index (χ4v) is 6.07. The highest BCUT2D eigenvalue weighted by molar-refractivity contribution is 5.93. The van der Waals surface area contributed by atoms with Gasteiger partial charge in [-0.15, -0.1) is 0 Å². The molecule has 0 saturated heterocycles. The Hall–Kier alpha value is -3.56. The van der Waals surface area contributed by atoms with Crippen LogP contribution in [0.3, 0.4) is 0 Å². The Morgan fingerprint density at radius 2 is 2.00 bits per heavy atom. The van der Waals surface area contributed by atoms with Gasteiger partial charge < -0.3 is 24.5 Å². The summed E-state index contributed by atoms with van der Waals surface area (Å²) < 4.78 is 12.5. The first kappa shape index (κ1) is 25.7. The van der Waals surface area contributed by atoms with Gasteiger partial charge in [-0.25, -0.2) is 9.78 Å². The zero-order chi connectivity index (χ0) is 27.7. The van der Waals surface area contributed by atoms with E-state index in [1.54, 1.807) is 17.6 Å². The van der Waals surface area contributed by atoms with Crippen LogP contribution in [0.1, 0.15) is 73.9 Å². The zero-order valence-corrected chi connectivity index (χ0v) is 22.8. The maximum absolute atomic E-state index is 13.7. The van der Waals surface area contributed by atoms with Crippen molar-refractivity contribution in [1.29, 1.82) is 0 Å². The number of carbonyl (C=O) groups is 2. The normalized spacial score (nSPS) is 19.4. The number of fused-ring (bicyclic) bond motifs is 7. The van der Waals surface area contributed by atoms with E-state index in [0.29, 0.717) is 11.4 Å². The molecule has 1 atom stereocenters. The van der Waals surface area contributed by atoms with Gasteiger partial charge in [-0.2, -0.15) is 0 Å². The summed E-state index contributed by atoms with van der Waals surface area (Å²) in [6.07, 6.45) is 3.08. The molecule has 2 N–H and O–H groups in total. The molecule has 2 aromatic heterocycles. The Kier molecular flexibility index (Phi) is 5.93. The van der Waals surface area contributed by atoms with Crippen LogP contribution in [0.4, 0.5) is 0 Å². The number of nitrogens with zero attached hydrogens (tertiary/aromatic N) is 2. The molecule has 204 valence electrons. The lowest BCUT2D eigenvalue weighted by molar-refractivity contribution is -0.172. The van der Waals surface area contributed by atoms with Crippen LogP contribution in [0.25, 0.3) is 22.3 Å². The quantitative estimate of drug-likeness (QED) is 0.380. The number of pyridine rings is 2. The number of nitrogens with one attached hydrogen (secondary N) is 1. The van der Waals surface area contributed by atoms with Gasteiger partial charge in [0.05, 0.1) is 34.6 Å². The summed E-state index contributed by atoms with van der Waals surface area (Å²) in [5, 5.41) is 15.2. The number of aliphatic hydroxyl groups is 1. The predicted octanol–water partition coefficient (Wildman–Crippen LogP) is 3.00. The lowest BCUT2D eigenvalue weighted by atomic mass is 9.86. The number of hydrogen-bond acceptors (Lipinski definition) is 7. The summed E-state index contributed by atoms with van der Waals surface area (Å²) in [7, 11) is 0. The average Bonchev–Trinajstić information content (AvgIpc) is 3.52. The maximum Gasteiger partial charge on any atom is 0.343 e. The summed E-state index contributed by atoms with van der Waals surface area (Å²) in [5.41, 5.74) is 4.29. The molecule has 6 rings (SSSR count). The number of carbonyl (C=O) groups excluding carboxylic acids is 2. The van der Waals surface area contributed by atoms with Gasteiger partial charge in [-0.1, -0.05) is 13.0 Å². The first-order chi connectivity index (χ1) is 18.5. The summed E-state index contributed by atoms with van der Waals surface area (Å²) >= 11 is 0. The average molecular weight is 532 g/mol. The summed E-state index contributed by atoms with van der Waals surface area (Å²) in [6.45, 7) is 7.72. The van der Waals surface area contributed by atoms with Crippen LogP contribution < -0.4 is 10.9 Å². The van der Waals surface area contributed by atoms with E-state index in [2.05, 4.69) is 11.4 Å². The number of ether oxygens (including phenoxy) is 2. The third kappa shape index (κ3) is 4.06. The lowest BCUT2D eigenvalue weighted by Crippen LogP contribution is -2.44. The highest BCUT2D eigenvalue weighted by Crippen LogP contribution is 2.42. The monoisotopic (exact) mass is 531 g/mol. The van der Waals surface area contributed by atoms with Crippen LogP contribution >= 0.6 is 0 Å². The fraction of sp³-hybridized carbons (Fsp3) is 0.467. The Balaban J connectivity index is 1.50. The number of esters is 1. The minimum absolute atomic E-state index is 0.0527. The van der Waals surface area contributed by atoms with Crippen LogP contribution in [-0.4, -0.2) is 38.7 Å². The molecule has 0 bridgehead atoms. The summed E-state index contributed by atoms with van der Waals surface area (Å²) in [4.78, 5) is 43.9. The van der Waals surface area contributed by atoms with Gasteiger partial charge in [0.15, 0.2) is 5.60 Å². The molecule has 39 heavy (non-hydrogen) atoms. The lowest BCUT2D eigenvalue weighted by Gasteiger charge is -2.31. The van der Waals surface area contributed by atoms with Crippen molar-refractivity contribution in [3.8, 4) is 11.4 Å². The topological polar surface area (TPSA) is 120 Å². The van der Waals surface area contributed by atoms with Gasteiger partial charge in [0.2, 0.25) is 5.91 Å². The highest BCUT2D eigenvalue weighted by atomic mass is 16.6. The third-order valence-corrected chi connectivity index (χ3v) is 8.15. The molecule has 3 aliphatic rings. The van der Waals surface area contributed by atoms with E-state index in [1.165, 1.54) is 11.1 Å². The first-order valence-electron chi connectivity index (χ1n) is 13.6. The molecule has 1 amide bonds. The number of rotatable bonds is 5. The molecule has 9 heteroatoms. The Morgan fingerprint density at radius 3 is 2.74 bits per heavy atom. The van der Waals surface area contributed by atoms with E-state index in [0.717, 1.165) is 41.3 Å². The molecule has 1 aromatic carbocycles. The second-order valence-corrected chi connectivity index (χ2v) is 11.6. The van der Waals surface area contributed by atoms with Crippen molar-refractivity contribution in [2.45, 2.75) is 84.3 Å². The fourth-order valence-electron chi connectivity index (χ4n) is 6.07. The number of hydrogen-bond donors (Lipinski definition) is 2. The van der Waals surface area contributed by atoms with Crippen LogP contribution in [0.15, 0.2) is 23.0 Å². The second kappa shape index (κ2) is 8.99. The van der Waals surface area contributed by atoms with Gasteiger partial charge in [0, 0.05) is 23.1 Å². The number of cyclic esters (lactones) is 1. The molecule has 0 radical (unpaired) electrons. The molecule has 0 unspecified atom stereocenters. The standard InChI is InChI=1S/C30H33N3O6/c1-5-30(37)21-11-23-26-19(13-33(23)27(35)20(21)14-38-28(30)36)18(12-31-24(34)15-39-29(2,3)4)25-17-8-6-7-16(17)9-10-22(25)32-26/h9-11,37H,5-8,12-15H2,1-4H3,(H,31,34)/t30-/m0/s1. The van der Waals surface area contributed by atoms with Gasteiger partial charge in [0.25, 0.3) is 5.56 Å². The Morgan fingerprint density at radius 1 is 1.21 bits per heavy atom. The number of aryl methyl sites for hydroxylation is 2. The Bertz CT molecular complexity index is 1620. The number of benzene rings is 1. The van der Waals surface area contributed by atoms with Crippen molar-refractivity contribution >= 4 is 22.8 Å². The van der Waals surface area contributed by atoms with Crippen LogP contribution in [0.2, 0.25) is 0 Å². The van der Waals surface area contributed by atoms with E-state index in [9.17, 15) is 19.5 Å². The molecule has 3 aromatic rings. The van der Waals surface area contributed by atoms with Gasteiger partial charge in [0.1, 0.15) is 13.2 Å². The highest BCUT2D eigenvalue weighted by Gasteiger charge is 2.45. The van der Waals surface area contributed by atoms with Crippen LogP contribution in [0, 0.1) is 0 Å². The minimum atomic E-state index is -1.88. The smallest absolute Gasteiger partial charge is 0.343 e. The molecule has 1 aliphatic carbocycles. The van der Waals surface area contributed by atoms with E-state index >= 15 is 0 Å². The summed E-state index contributed by atoms with van der Waals surface area (Å²) in [5.74, 6) is -0.967. The van der Waals surface area contributed by atoms with E-state index < -0.39 is 17.2 Å². The van der Waals surface area contributed by atoms with Crippen molar-refractivity contribution in [2.24, 2.45) is 0 Å². The first-order valence-corrected chi connectivity index (χ1v) is 13.6. The van der Waals surface area contributed by atoms with Crippen LogP contribution in [-0.2, 0) is 57.2 Å². The SMILES string of the molecule is CC[C@@]1(O)C(=O)OCc2c1cc1n(c2=O)Cc2c-1nc1ccc3c(c1c2CNC(=O)COC(C)(C)C)CCC3. The molecule has 9 nitrogen and oxygen atoms in total. The van der Waals surface area contributed by atoms with Gasteiger partial charge in [-0.05, 0) is 75.3 Å². The number of aromatic nitrogens is 2. The maximum atomic E-state index is 13.7. The van der Waals surface area contributed by atoms with E-state index in [4.69, 9.17) is 14.5 Å². The molecule has 0 fully saturated rings. The van der Waals surface area contributed by atoms with E-state index in [-0.39, 0.29) is 55.3 Å². The Labute approximate surface area is 226 Å². The van der Waals surface area contributed by atoms with Gasteiger partial charge in [-0.3, -0.25) is 9.59 Å². The zero-order valence-electron chi connectivity index (χ0n) is 22.8. The second-order valence-electron chi connectivity index (χ2n) is 11.6. The molecule has 4 heterocycles. The molecule has 2 aliphatic heterocycles. The molecule has 0 spiro atoms. The largest absolute Gasteiger partial charge is 0.458 e. The number of amides is 1. The van der Waals surface area contributed by atoms with E-state index in [1.807, 2.05) is 26.8 Å². The van der Waals surface area contributed by atoms with Crippen molar-refractivity contribution in [3.05, 3.63) is 61.9 Å². The van der Waals surface area contributed by atoms with Crippen molar-refractivity contribution in [1.82, 2.24) is 14.9 Å². The molecular weight excluding hydrogens is 498 g/mol. The van der Waals surface area contributed by atoms with Crippen molar-refractivity contribution < 1.29 is 24.2 Å².